The van der Waals surface area contributed by atoms with Crippen molar-refractivity contribution in [2.24, 2.45) is 5.92 Å². The van der Waals surface area contributed by atoms with E-state index in [1.54, 1.807) is 0 Å². The van der Waals surface area contributed by atoms with E-state index in [0.717, 1.165) is 19.1 Å². The number of esters is 1. The third kappa shape index (κ3) is 3.04. The number of morpholine rings is 1. The van der Waals surface area contributed by atoms with E-state index in [9.17, 15) is 4.79 Å². The maximum atomic E-state index is 11.8. The van der Waals surface area contributed by atoms with Crippen LogP contribution in [0.3, 0.4) is 0 Å². The average Bonchev–Trinajstić information content (AvgIpc) is 2.46. The number of methoxy groups -OCH3 is 1. The first-order valence-electron chi connectivity index (χ1n) is 7.17. The van der Waals surface area contributed by atoms with Gasteiger partial charge in [-0.25, -0.2) is 0 Å². The van der Waals surface area contributed by atoms with Crippen molar-refractivity contribution < 1.29 is 14.3 Å². The molecule has 2 rings (SSSR count). The van der Waals surface area contributed by atoms with Gasteiger partial charge < -0.3 is 9.47 Å². The summed E-state index contributed by atoms with van der Waals surface area (Å²) in [6.45, 7) is 4.36. The van der Waals surface area contributed by atoms with Crippen LogP contribution in [0.15, 0.2) is 0 Å². The summed E-state index contributed by atoms with van der Waals surface area (Å²) >= 11 is 0. The Bertz CT molecular complexity index is 274. The molecule has 2 fully saturated rings. The molecule has 18 heavy (non-hydrogen) atoms. The summed E-state index contributed by atoms with van der Waals surface area (Å²) in [5.41, 5.74) is 0. The van der Waals surface area contributed by atoms with Gasteiger partial charge >= 0.3 is 5.97 Å². The summed E-state index contributed by atoms with van der Waals surface area (Å²) in [4.78, 5) is 14.1. The normalized spacial score (nSPS) is 34.2. The van der Waals surface area contributed by atoms with E-state index in [4.69, 9.17) is 9.47 Å². The van der Waals surface area contributed by atoms with Crippen LogP contribution in [-0.4, -0.2) is 49.8 Å². The van der Waals surface area contributed by atoms with E-state index in [1.165, 1.54) is 39.2 Å². The summed E-state index contributed by atoms with van der Waals surface area (Å²) in [6, 6.07) is 0.354. The number of rotatable bonds is 3. The lowest BCUT2D eigenvalue weighted by Gasteiger charge is -2.42. The molecule has 4 nitrogen and oxygen atoms in total. The third-order valence-electron chi connectivity index (χ3n) is 4.51. The number of carbonyl (C=O) groups excluding carboxylic acids is 1. The molecule has 0 bridgehead atoms. The van der Waals surface area contributed by atoms with Crippen molar-refractivity contribution in [3.8, 4) is 0 Å². The quantitative estimate of drug-likeness (QED) is 0.721. The highest BCUT2D eigenvalue weighted by molar-refractivity contribution is 5.76. The van der Waals surface area contributed by atoms with Gasteiger partial charge in [-0.15, -0.1) is 0 Å². The van der Waals surface area contributed by atoms with Gasteiger partial charge in [0.15, 0.2) is 0 Å². The van der Waals surface area contributed by atoms with Gasteiger partial charge in [-0.1, -0.05) is 13.3 Å². The molecule has 0 N–H and O–H groups in total. The first-order valence-corrected chi connectivity index (χ1v) is 7.17. The Morgan fingerprint density at radius 3 is 2.67 bits per heavy atom. The Balaban J connectivity index is 1.95. The molecule has 1 unspecified atom stereocenters. The summed E-state index contributed by atoms with van der Waals surface area (Å²) in [5.74, 6) is 0.742. The molecule has 1 aliphatic heterocycles. The number of ether oxygens (including phenoxy) is 2. The summed E-state index contributed by atoms with van der Waals surface area (Å²) in [6.07, 6.45) is 6.31. The lowest BCUT2D eigenvalue weighted by atomic mass is 9.83. The molecule has 0 aromatic rings. The number of hydrogen-bond acceptors (Lipinski definition) is 4. The lowest BCUT2D eigenvalue weighted by molar-refractivity contribution is -0.156. The van der Waals surface area contributed by atoms with Crippen LogP contribution in [0, 0.1) is 5.92 Å². The first kappa shape index (κ1) is 13.8. The number of nitrogens with zero attached hydrogens (tertiary/aromatic N) is 1. The minimum absolute atomic E-state index is 0.146. The summed E-state index contributed by atoms with van der Waals surface area (Å²) in [7, 11) is 1.46. The second kappa shape index (κ2) is 6.53. The first-order chi connectivity index (χ1) is 8.76. The minimum Gasteiger partial charge on any atom is -0.468 e. The van der Waals surface area contributed by atoms with Crippen molar-refractivity contribution in [3.63, 3.8) is 0 Å². The van der Waals surface area contributed by atoms with E-state index < -0.39 is 0 Å². The molecule has 0 aromatic heterocycles. The Kier molecular flexibility index (Phi) is 5.01. The zero-order chi connectivity index (χ0) is 13.0. The van der Waals surface area contributed by atoms with Crippen molar-refractivity contribution >= 4 is 5.97 Å². The van der Waals surface area contributed by atoms with Crippen LogP contribution in [0.4, 0.5) is 0 Å². The van der Waals surface area contributed by atoms with Crippen LogP contribution in [0.25, 0.3) is 0 Å². The number of carbonyl (C=O) groups is 1. The maximum absolute atomic E-state index is 11.8. The second-order valence-electron chi connectivity index (χ2n) is 5.43. The lowest BCUT2D eigenvalue weighted by Crippen LogP contribution is -2.55. The van der Waals surface area contributed by atoms with Gasteiger partial charge in [0.1, 0.15) is 6.04 Å². The van der Waals surface area contributed by atoms with Crippen molar-refractivity contribution in [3.05, 3.63) is 0 Å². The zero-order valence-corrected chi connectivity index (χ0v) is 11.6. The Morgan fingerprint density at radius 1 is 1.33 bits per heavy atom. The van der Waals surface area contributed by atoms with Crippen molar-refractivity contribution in [2.75, 3.05) is 26.9 Å². The Hall–Kier alpha value is -0.610. The van der Waals surface area contributed by atoms with Gasteiger partial charge in [0.25, 0.3) is 0 Å². The molecule has 104 valence electrons. The van der Waals surface area contributed by atoms with Crippen molar-refractivity contribution in [1.82, 2.24) is 4.90 Å². The molecule has 4 heteroatoms. The van der Waals surface area contributed by atoms with Gasteiger partial charge in [-0.3, -0.25) is 9.69 Å². The predicted molar refractivity (Wildman–Crippen MR) is 69.4 cm³/mol. The standard InChI is InChI=1S/C14H25NO3/c1-3-11-4-6-12(7-5-11)15-8-9-18-10-13(15)14(16)17-2/h11-13H,3-10H2,1-2H3. The minimum atomic E-state index is -0.188. The van der Waals surface area contributed by atoms with Gasteiger partial charge in [-0.05, 0) is 31.6 Å². The molecule has 1 saturated carbocycles. The summed E-state index contributed by atoms with van der Waals surface area (Å²) in [5, 5.41) is 0. The Labute approximate surface area is 110 Å². The summed E-state index contributed by atoms with van der Waals surface area (Å²) < 4.78 is 10.3. The molecule has 2 aliphatic rings. The molecule has 1 heterocycles. The smallest absolute Gasteiger partial charge is 0.325 e. The average molecular weight is 255 g/mol. The van der Waals surface area contributed by atoms with Gasteiger partial charge in [0, 0.05) is 12.6 Å². The molecular weight excluding hydrogens is 230 g/mol. The van der Waals surface area contributed by atoms with E-state index >= 15 is 0 Å². The monoisotopic (exact) mass is 255 g/mol. The fourth-order valence-corrected chi connectivity index (χ4v) is 3.28. The molecular formula is C14H25NO3. The van der Waals surface area contributed by atoms with Gasteiger partial charge in [0.2, 0.25) is 0 Å². The molecule has 1 aliphatic carbocycles. The maximum Gasteiger partial charge on any atom is 0.325 e. The van der Waals surface area contributed by atoms with Gasteiger partial charge in [0.05, 0.1) is 20.3 Å². The number of hydrogen-bond donors (Lipinski definition) is 0. The van der Waals surface area contributed by atoms with Crippen molar-refractivity contribution in [2.45, 2.75) is 51.1 Å². The Morgan fingerprint density at radius 2 is 2.06 bits per heavy atom. The van der Waals surface area contributed by atoms with Crippen LogP contribution >= 0.6 is 0 Å². The molecule has 0 spiro atoms. The van der Waals surface area contributed by atoms with E-state index in [0.29, 0.717) is 12.6 Å². The fourth-order valence-electron chi connectivity index (χ4n) is 3.28. The third-order valence-corrected chi connectivity index (χ3v) is 4.51. The second-order valence-corrected chi connectivity index (χ2v) is 5.43. The topological polar surface area (TPSA) is 38.8 Å². The van der Waals surface area contributed by atoms with Crippen LogP contribution in [0.1, 0.15) is 39.0 Å². The molecule has 0 radical (unpaired) electrons. The van der Waals surface area contributed by atoms with Gasteiger partial charge in [-0.2, -0.15) is 0 Å². The molecule has 0 amide bonds. The highest BCUT2D eigenvalue weighted by Crippen LogP contribution is 2.31. The van der Waals surface area contributed by atoms with Crippen LogP contribution in [0.2, 0.25) is 0 Å². The molecule has 1 saturated heterocycles. The van der Waals surface area contributed by atoms with Crippen LogP contribution in [0.5, 0.6) is 0 Å². The highest BCUT2D eigenvalue weighted by Gasteiger charge is 2.36. The fraction of sp³-hybridized carbons (Fsp3) is 0.929. The largest absolute Gasteiger partial charge is 0.468 e. The van der Waals surface area contributed by atoms with Crippen LogP contribution < -0.4 is 0 Å². The predicted octanol–water partition coefficient (Wildman–Crippen LogP) is 1.83. The highest BCUT2D eigenvalue weighted by atomic mass is 16.5. The van der Waals surface area contributed by atoms with E-state index in [-0.39, 0.29) is 12.0 Å². The van der Waals surface area contributed by atoms with E-state index in [2.05, 4.69) is 11.8 Å². The van der Waals surface area contributed by atoms with E-state index in [1.807, 2.05) is 0 Å². The SMILES string of the molecule is CCC1CCC(N2CCOCC2C(=O)OC)CC1. The zero-order valence-electron chi connectivity index (χ0n) is 11.6. The molecule has 0 aromatic carbocycles. The van der Waals surface area contributed by atoms with Crippen molar-refractivity contribution in [1.29, 1.82) is 0 Å². The molecule has 1 atom stereocenters. The van der Waals surface area contributed by atoms with Crippen LogP contribution in [-0.2, 0) is 14.3 Å².